The van der Waals surface area contributed by atoms with E-state index in [-0.39, 0.29) is 0 Å². The second kappa shape index (κ2) is 12.9. The van der Waals surface area contributed by atoms with Crippen molar-refractivity contribution >= 4 is 65.3 Å². The minimum atomic E-state index is 0.713. The fourth-order valence-corrected chi connectivity index (χ4v) is 9.07. The summed E-state index contributed by atoms with van der Waals surface area (Å²) < 4.78 is 4.78. The third-order valence-corrected chi connectivity index (χ3v) is 11.7. The summed E-state index contributed by atoms with van der Waals surface area (Å²) in [6, 6.07) is 73.8. The average molecular weight is 739 g/mol. The summed E-state index contributed by atoms with van der Waals surface area (Å²) in [5.74, 6) is 0.713. The molecule has 9 aromatic carbocycles. The fraction of sp³-hybridized carbons (Fsp3) is 0. The molecule has 0 radical (unpaired) electrons. The van der Waals surface area contributed by atoms with Crippen LogP contribution in [0.3, 0.4) is 0 Å². The van der Waals surface area contributed by atoms with Crippen LogP contribution in [0.1, 0.15) is 0 Å². The molecule has 0 spiro atoms. The minimum absolute atomic E-state index is 0.713. The number of nitrogens with zero attached hydrogens (tertiary/aromatic N) is 4. The van der Waals surface area contributed by atoms with E-state index in [0.717, 1.165) is 60.9 Å². The molecule has 3 heterocycles. The van der Waals surface area contributed by atoms with Gasteiger partial charge in [0, 0.05) is 49.1 Å². The molecule has 0 amide bonds. The molecule has 0 aliphatic heterocycles. The number of benzene rings is 9. The van der Waals surface area contributed by atoms with Crippen molar-refractivity contribution in [3.05, 3.63) is 206 Å². The van der Waals surface area contributed by atoms with Crippen LogP contribution in [-0.4, -0.2) is 19.1 Å². The van der Waals surface area contributed by atoms with Gasteiger partial charge < -0.3 is 9.13 Å². The summed E-state index contributed by atoms with van der Waals surface area (Å²) in [5.41, 5.74) is 13.2. The van der Waals surface area contributed by atoms with Crippen LogP contribution < -0.4 is 0 Å². The molecule has 270 valence electrons. The van der Waals surface area contributed by atoms with Crippen molar-refractivity contribution in [2.45, 2.75) is 0 Å². The van der Waals surface area contributed by atoms with Crippen molar-refractivity contribution in [1.82, 2.24) is 19.1 Å². The summed E-state index contributed by atoms with van der Waals surface area (Å²) in [4.78, 5) is 10.6. The van der Waals surface area contributed by atoms with Crippen molar-refractivity contribution in [3.8, 4) is 45.1 Å². The number of fused-ring (bicyclic) bond motifs is 9. The summed E-state index contributed by atoms with van der Waals surface area (Å²) >= 11 is 0. The highest BCUT2D eigenvalue weighted by molar-refractivity contribution is 6.14. The van der Waals surface area contributed by atoms with E-state index in [9.17, 15) is 0 Å². The number of para-hydroxylation sites is 4. The summed E-state index contributed by atoms with van der Waals surface area (Å²) in [6.07, 6.45) is 0. The van der Waals surface area contributed by atoms with E-state index >= 15 is 0 Å². The lowest BCUT2D eigenvalue weighted by Crippen LogP contribution is -2.01. The van der Waals surface area contributed by atoms with E-state index < -0.39 is 0 Å². The van der Waals surface area contributed by atoms with Crippen LogP contribution in [0.2, 0.25) is 0 Å². The molecule has 4 nitrogen and oxygen atoms in total. The summed E-state index contributed by atoms with van der Waals surface area (Å²) in [5, 5.41) is 8.21. The van der Waals surface area contributed by atoms with E-state index in [1.54, 1.807) is 0 Å². The molecular formula is C54H34N4. The van der Waals surface area contributed by atoms with E-state index in [1.165, 1.54) is 43.7 Å². The quantitative estimate of drug-likeness (QED) is 0.165. The molecule has 4 heteroatoms. The highest BCUT2D eigenvalue weighted by Crippen LogP contribution is 2.41. The maximum absolute atomic E-state index is 5.37. The van der Waals surface area contributed by atoms with Crippen LogP contribution >= 0.6 is 0 Å². The van der Waals surface area contributed by atoms with Gasteiger partial charge in [0.05, 0.1) is 39.0 Å². The molecule has 0 bridgehead atoms. The number of hydrogen-bond acceptors (Lipinski definition) is 2. The van der Waals surface area contributed by atoms with Crippen molar-refractivity contribution < 1.29 is 0 Å². The smallest absolute Gasteiger partial charge is 0.160 e. The Morgan fingerprint density at radius 1 is 0.328 bits per heavy atom. The van der Waals surface area contributed by atoms with Crippen molar-refractivity contribution in [2.24, 2.45) is 0 Å². The molecule has 0 fully saturated rings. The van der Waals surface area contributed by atoms with Crippen LogP contribution in [0.4, 0.5) is 0 Å². The molecule has 0 N–H and O–H groups in total. The zero-order valence-electron chi connectivity index (χ0n) is 31.4. The van der Waals surface area contributed by atoms with Crippen molar-refractivity contribution in [2.75, 3.05) is 0 Å². The second-order valence-corrected chi connectivity index (χ2v) is 15.0. The summed E-state index contributed by atoms with van der Waals surface area (Å²) in [6.45, 7) is 0. The minimum Gasteiger partial charge on any atom is -0.309 e. The Hall–Kier alpha value is -7.82. The third-order valence-electron chi connectivity index (χ3n) is 11.7. The second-order valence-electron chi connectivity index (χ2n) is 15.0. The third kappa shape index (κ3) is 4.95. The Balaban J connectivity index is 1.07. The highest BCUT2D eigenvalue weighted by Gasteiger charge is 2.21. The Kier molecular flexibility index (Phi) is 7.20. The lowest BCUT2D eigenvalue weighted by Gasteiger charge is -2.16. The van der Waals surface area contributed by atoms with Gasteiger partial charge in [-0.1, -0.05) is 146 Å². The number of aromatic nitrogens is 4. The van der Waals surface area contributed by atoms with Gasteiger partial charge in [0.15, 0.2) is 5.82 Å². The molecule has 3 aromatic heterocycles. The highest BCUT2D eigenvalue weighted by atomic mass is 15.0. The average Bonchev–Trinajstić information content (AvgIpc) is 3.81. The van der Waals surface area contributed by atoms with Gasteiger partial charge in [-0.15, -0.1) is 0 Å². The zero-order chi connectivity index (χ0) is 38.2. The fourth-order valence-electron chi connectivity index (χ4n) is 9.07. The maximum atomic E-state index is 5.37. The van der Waals surface area contributed by atoms with Crippen LogP contribution in [0.25, 0.3) is 110 Å². The molecule has 0 atom stereocenters. The van der Waals surface area contributed by atoms with E-state index in [2.05, 4.69) is 197 Å². The van der Waals surface area contributed by atoms with Gasteiger partial charge in [0.1, 0.15) is 0 Å². The Morgan fingerprint density at radius 3 is 1.60 bits per heavy atom. The van der Waals surface area contributed by atoms with Gasteiger partial charge in [0.25, 0.3) is 0 Å². The largest absolute Gasteiger partial charge is 0.309 e. The molecule has 0 aliphatic rings. The molecular weight excluding hydrogens is 705 g/mol. The Labute approximate surface area is 334 Å². The van der Waals surface area contributed by atoms with Gasteiger partial charge in [-0.3, -0.25) is 0 Å². The lowest BCUT2D eigenvalue weighted by molar-refractivity contribution is 1.17. The van der Waals surface area contributed by atoms with Crippen molar-refractivity contribution in [1.29, 1.82) is 0 Å². The molecule has 58 heavy (non-hydrogen) atoms. The van der Waals surface area contributed by atoms with Crippen LogP contribution in [0.5, 0.6) is 0 Å². The van der Waals surface area contributed by atoms with Gasteiger partial charge in [-0.05, 0) is 77.2 Å². The van der Waals surface area contributed by atoms with Gasteiger partial charge in [-0.2, -0.15) is 0 Å². The molecule has 0 saturated heterocycles. The van der Waals surface area contributed by atoms with Crippen LogP contribution in [0.15, 0.2) is 206 Å². The predicted octanol–water partition coefficient (Wildman–Crippen LogP) is 14.0. The Bertz CT molecular complexity index is 3560. The molecule has 0 unspecified atom stereocenters. The van der Waals surface area contributed by atoms with E-state index in [0.29, 0.717) is 5.82 Å². The number of hydrogen-bond donors (Lipinski definition) is 0. The lowest BCUT2D eigenvalue weighted by atomic mass is 9.99. The first-order chi connectivity index (χ1) is 28.8. The SMILES string of the molecule is c1ccc(-c2nc(-c3ccccc3-n3c4ccccc4c4cc(-c5ccc6c(c5)c5ccccc5n6-c5ccccc5)ccc43)c3ccc4ccccc4c3n2)cc1. The van der Waals surface area contributed by atoms with Gasteiger partial charge >= 0.3 is 0 Å². The summed E-state index contributed by atoms with van der Waals surface area (Å²) in [7, 11) is 0. The van der Waals surface area contributed by atoms with Gasteiger partial charge in [-0.25, -0.2) is 9.97 Å². The number of rotatable bonds is 5. The molecule has 0 aliphatic carbocycles. The first-order valence-electron chi connectivity index (χ1n) is 19.8. The maximum Gasteiger partial charge on any atom is 0.160 e. The monoisotopic (exact) mass is 738 g/mol. The zero-order valence-corrected chi connectivity index (χ0v) is 31.4. The predicted molar refractivity (Wildman–Crippen MR) is 242 cm³/mol. The molecule has 0 saturated carbocycles. The first kappa shape index (κ1) is 32.4. The van der Waals surface area contributed by atoms with Gasteiger partial charge in [0.2, 0.25) is 0 Å². The van der Waals surface area contributed by atoms with Crippen LogP contribution in [-0.2, 0) is 0 Å². The van der Waals surface area contributed by atoms with Crippen LogP contribution in [0, 0.1) is 0 Å². The van der Waals surface area contributed by atoms with E-state index in [4.69, 9.17) is 9.97 Å². The standard InChI is InChI=1S/C54H34N4/c1-3-16-36(17-4-1)54-55-52-40-20-8-7-15-35(40)27-30-44(52)53(56-54)43-23-11-14-26-49(43)58-48-25-13-10-22-42(48)46-34-38(29-32-51(46)58)37-28-31-50-45(33-37)41-21-9-12-24-47(41)57(50)39-18-5-2-6-19-39/h1-34H. The molecule has 12 rings (SSSR count). The van der Waals surface area contributed by atoms with E-state index in [1.807, 2.05) is 18.2 Å². The topological polar surface area (TPSA) is 35.6 Å². The first-order valence-corrected chi connectivity index (χ1v) is 19.8. The normalized spacial score (nSPS) is 11.8. The molecule has 12 aromatic rings. The Morgan fingerprint density at radius 2 is 0.879 bits per heavy atom. The van der Waals surface area contributed by atoms with Crippen molar-refractivity contribution in [3.63, 3.8) is 0 Å².